The summed E-state index contributed by atoms with van der Waals surface area (Å²) in [7, 11) is 1.63. The van der Waals surface area contributed by atoms with Gasteiger partial charge in [0.05, 0.1) is 7.11 Å². The Kier molecular flexibility index (Phi) is 5.66. The number of carbonyl (C=O) groups excluding carboxylic acids is 1. The molecule has 1 saturated heterocycles. The highest BCUT2D eigenvalue weighted by molar-refractivity contribution is 5.74. The second kappa shape index (κ2) is 8.32. The number of methoxy groups -OCH3 is 1. The van der Waals surface area contributed by atoms with E-state index in [-0.39, 0.29) is 12.1 Å². The highest BCUT2D eigenvalue weighted by atomic mass is 16.5. The average molecular weight is 341 g/mol. The fourth-order valence-electron chi connectivity index (χ4n) is 2.89. The third-order valence-corrected chi connectivity index (χ3v) is 4.20. The molecular formula is C18H23N5O2. The van der Waals surface area contributed by atoms with Gasteiger partial charge in [-0.2, -0.15) is 0 Å². The Morgan fingerprint density at radius 2 is 2.04 bits per heavy atom. The van der Waals surface area contributed by atoms with Crippen molar-refractivity contribution in [3.8, 4) is 5.75 Å². The van der Waals surface area contributed by atoms with Crippen LogP contribution in [0.4, 0.5) is 10.7 Å². The van der Waals surface area contributed by atoms with E-state index in [0.29, 0.717) is 12.5 Å². The summed E-state index contributed by atoms with van der Waals surface area (Å²) in [6.45, 7) is 2.11. The molecule has 0 radical (unpaired) electrons. The van der Waals surface area contributed by atoms with E-state index in [0.717, 1.165) is 37.2 Å². The van der Waals surface area contributed by atoms with Crippen LogP contribution in [0.5, 0.6) is 5.75 Å². The van der Waals surface area contributed by atoms with E-state index in [1.165, 1.54) is 0 Å². The largest absolute Gasteiger partial charge is 0.497 e. The molecule has 7 nitrogen and oxygen atoms in total. The highest BCUT2D eigenvalue weighted by Crippen LogP contribution is 2.15. The van der Waals surface area contributed by atoms with Crippen molar-refractivity contribution in [2.45, 2.75) is 25.4 Å². The average Bonchev–Trinajstić information content (AvgIpc) is 2.68. The number of amides is 2. The lowest BCUT2D eigenvalue weighted by Crippen LogP contribution is -2.50. The van der Waals surface area contributed by atoms with Crippen LogP contribution in [0.2, 0.25) is 0 Å². The molecular weight excluding hydrogens is 318 g/mol. The third kappa shape index (κ3) is 4.82. The maximum Gasteiger partial charge on any atom is 0.315 e. The molecule has 0 bridgehead atoms. The molecule has 7 heteroatoms. The van der Waals surface area contributed by atoms with Gasteiger partial charge in [-0.3, -0.25) is 0 Å². The summed E-state index contributed by atoms with van der Waals surface area (Å²) in [6, 6.07) is 9.38. The Hall–Kier alpha value is -2.83. The number of hydrogen-bond donors (Lipinski definition) is 2. The zero-order chi connectivity index (χ0) is 17.5. The molecule has 3 rings (SSSR count). The first-order valence-electron chi connectivity index (χ1n) is 8.44. The molecule has 2 heterocycles. The molecule has 2 amide bonds. The minimum Gasteiger partial charge on any atom is -0.497 e. The second-order valence-corrected chi connectivity index (χ2v) is 6.01. The first-order valence-corrected chi connectivity index (χ1v) is 8.44. The molecule has 0 spiro atoms. The minimum atomic E-state index is -0.156. The predicted molar refractivity (Wildman–Crippen MR) is 95.6 cm³/mol. The van der Waals surface area contributed by atoms with Gasteiger partial charge in [0.1, 0.15) is 5.75 Å². The maximum atomic E-state index is 12.2. The first kappa shape index (κ1) is 17.0. The fourth-order valence-corrected chi connectivity index (χ4v) is 2.89. The lowest BCUT2D eigenvalue weighted by atomic mass is 10.1. The zero-order valence-electron chi connectivity index (χ0n) is 14.3. The Morgan fingerprint density at radius 1 is 1.28 bits per heavy atom. The van der Waals surface area contributed by atoms with Gasteiger partial charge in [-0.25, -0.2) is 14.8 Å². The predicted octanol–water partition coefficient (Wildman–Crippen LogP) is 1.95. The molecule has 2 N–H and O–H groups in total. The van der Waals surface area contributed by atoms with Crippen LogP contribution in [-0.2, 0) is 6.54 Å². The van der Waals surface area contributed by atoms with Gasteiger partial charge in [0, 0.05) is 38.1 Å². The molecule has 132 valence electrons. The van der Waals surface area contributed by atoms with Crippen molar-refractivity contribution >= 4 is 12.0 Å². The molecule has 0 aliphatic carbocycles. The number of aromatic nitrogens is 2. The van der Waals surface area contributed by atoms with Crippen LogP contribution in [0.15, 0.2) is 42.7 Å². The first-order chi connectivity index (χ1) is 12.2. The maximum absolute atomic E-state index is 12.2. The molecule has 0 unspecified atom stereocenters. The number of hydrogen-bond acceptors (Lipinski definition) is 5. The molecule has 2 aromatic rings. The standard InChI is InChI=1S/C18H23N5O2/c1-25-16-7-5-14(6-8-16)12-21-18(24)22-15-4-2-11-23(13-15)17-19-9-3-10-20-17/h3,5-10,15H,2,4,11-13H2,1H3,(H2,21,22,24)/t15-/m0/s1. The van der Waals surface area contributed by atoms with Gasteiger partial charge in [0.2, 0.25) is 5.95 Å². The van der Waals surface area contributed by atoms with Gasteiger partial charge in [0.25, 0.3) is 0 Å². The summed E-state index contributed by atoms with van der Waals surface area (Å²) >= 11 is 0. The van der Waals surface area contributed by atoms with Crippen molar-refractivity contribution in [2.24, 2.45) is 0 Å². The Balaban J connectivity index is 1.47. The summed E-state index contributed by atoms with van der Waals surface area (Å²) in [6.07, 6.45) is 5.43. The Morgan fingerprint density at radius 3 is 2.76 bits per heavy atom. The van der Waals surface area contributed by atoms with Gasteiger partial charge in [-0.1, -0.05) is 12.1 Å². The quantitative estimate of drug-likeness (QED) is 0.869. The van der Waals surface area contributed by atoms with Crippen molar-refractivity contribution in [1.82, 2.24) is 20.6 Å². The van der Waals surface area contributed by atoms with Crippen molar-refractivity contribution in [2.75, 3.05) is 25.1 Å². The number of ether oxygens (including phenoxy) is 1. The Bertz CT molecular complexity index is 678. The molecule has 1 fully saturated rings. The smallest absolute Gasteiger partial charge is 0.315 e. The normalized spacial score (nSPS) is 17.0. The monoisotopic (exact) mass is 341 g/mol. The van der Waals surface area contributed by atoms with Crippen LogP contribution < -0.4 is 20.3 Å². The number of benzene rings is 1. The van der Waals surface area contributed by atoms with Crippen LogP contribution in [0.3, 0.4) is 0 Å². The molecule has 1 aliphatic rings. The van der Waals surface area contributed by atoms with Gasteiger partial charge >= 0.3 is 6.03 Å². The summed E-state index contributed by atoms with van der Waals surface area (Å²) in [5.41, 5.74) is 1.03. The van der Waals surface area contributed by atoms with Gasteiger partial charge in [-0.05, 0) is 36.6 Å². The van der Waals surface area contributed by atoms with E-state index in [1.54, 1.807) is 25.6 Å². The summed E-state index contributed by atoms with van der Waals surface area (Å²) in [4.78, 5) is 22.8. The van der Waals surface area contributed by atoms with E-state index in [4.69, 9.17) is 4.74 Å². The molecule has 1 atom stereocenters. The highest BCUT2D eigenvalue weighted by Gasteiger charge is 2.22. The van der Waals surface area contributed by atoms with E-state index in [1.807, 2.05) is 24.3 Å². The lowest BCUT2D eigenvalue weighted by Gasteiger charge is -2.33. The van der Waals surface area contributed by atoms with E-state index in [9.17, 15) is 4.79 Å². The van der Waals surface area contributed by atoms with Crippen molar-refractivity contribution < 1.29 is 9.53 Å². The number of anilines is 1. The number of nitrogens with one attached hydrogen (secondary N) is 2. The molecule has 1 aromatic carbocycles. The minimum absolute atomic E-state index is 0.0911. The van der Waals surface area contributed by atoms with E-state index in [2.05, 4.69) is 25.5 Å². The SMILES string of the molecule is COc1ccc(CNC(=O)N[C@H]2CCCN(c3ncccn3)C2)cc1. The number of nitrogens with zero attached hydrogens (tertiary/aromatic N) is 3. The number of carbonyl (C=O) groups is 1. The van der Waals surface area contributed by atoms with Crippen LogP contribution in [0.1, 0.15) is 18.4 Å². The summed E-state index contributed by atoms with van der Waals surface area (Å²) < 4.78 is 5.13. The van der Waals surface area contributed by atoms with Crippen LogP contribution >= 0.6 is 0 Å². The van der Waals surface area contributed by atoms with Gasteiger partial charge < -0.3 is 20.3 Å². The van der Waals surface area contributed by atoms with Gasteiger partial charge in [0.15, 0.2) is 0 Å². The third-order valence-electron chi connectivity index (χ3n) is 4.20. The molecule has 0 saturated carbocycles. The van der Waals surface area contributed by atoms with Gasteiger partial charge in [-0.15, -0.1) is 0 Å². The molecule has 1 aliphatic heterocycles. The fraction of sp³-hybridized carbons (Fsp3) is 0.389. The lowest BCUT2D eigenvalue weighted by molar-refractivity contribution is 0.234. The zero-order valence-corrected chi connectivity index (χ0v) is 14.3. The van der Waals surface area contributed by atoms with Crippen LogP contribution in [-0.4, -0.2) is 42.2 Å². The number of rotatable bonds is 5. The molecule has 25 heavy (non-hydrogen) atoms. The van der Waals surface area contributed by atoms with Crippen LogP contribution in [0, 0.1) is 0 Å². The van der Waals surface area contributed by atoms with E-state index < -0.39 is 0 Å². The van der Waals surface area contributed by atoms with Crippen molar-refractivity contribution in [1.29, 1.82) is 0 Å². The molecule has 1 aromatic heterocycles. The summed E-state index contributed by atoms with van der Waals surface area (Å²) in [5, 5.41) is 5.94. The second-order valence-electron chi connectivity index (χ2n) is 6.01. The summed E-state index contributed by atoms with van der Waals surface area (Å²) in [5.74, 6) is 1.52. The van der Waals surface area contributed by atoms with Crippen LogP contribution in [0.25, 0.3) is 0 Å². The van der Waals surface area contributed by atoms with Crippen molar-refractivity contribution in [3.05, 3.63) is 48.3 Å². The number of urea groups is 1. The number of piperidine rings is 1. The van der Waals surface area contributed by atoms with Crippen molar-refractivity contribution in [3.63, 3.8) is 0 Å². The topological polar surface area (TPSA) is 79.4 Å². The van der Waals surface area contributed by atoms with E-state index >= 15 is 0 Å². The Labute approximate surface area is 147 Å².